The predicted molar refractivity (Wildman–Crippen MR) is 85.8 cm³/mol. The van der Waals surface area contributed by atoms with E-state index >= 15 is 0 Å². The van der Waals surface area contributed by atoms with Gasteiger partial charge in [0.25, 0.3) is 0 Å². The minimum atomic E-state index is 0.410. The Morgan fingerprint density at radius 3 is 2.47 bits per heavy atom. The number of nitrogens with one attached hydrogen (secondary N) is 1. The Morgan fingerprint density at radius 1 is 1.26 bits per heavy atom. The van der Waals surface area contributed by atoms with Crippen LogP contribution >= 0.6 is 15.9 Å². The van der Waals surface area contributed by atoms with E-state index in [0.717, 1.165) is 35.6 Å². The molecular weight excluding hydrogens is 304 g/mol. The highest BCUT2D eigenvalue weighted by atomic mass is 79.9. The molecule has 1 rings (SSSR count). The molecule has 0 atom stereocenters. The predicted octanol–water partition coefficient (Wildman–Crippen LogP) is 3.93. The highest BCUT2D eigenvalue weighted by molar-refractivity contribution is 9.10. The molecule has 1 aromatic heterocycles. The molecule has 0 aliphatic rings. The van der Waals surface area contributed by atoms with Crippen molar-refractivity contribution in [1.82, 2.24) is 9.97 Å². The minimum Gasteiger partial charge on any atom is -0.369 e. The summed E-state index contributed by atoms with van der Waals surface area (Å²) in [6.07, 6.45) is 2.71. The summed E-state index contributed by atoms with van der Waals surface area (Å²) in [7, 11) is 0. The van der Waals surface area contributed by atoms with Crippen LogP contribution in [0.1, 0.15) is 41.0 Å². The summed E-state index contributed by atoms with van der Waals surface area (Å²) < 4.78 is 0.956. The van der Waals surface area contributed by atoms with Crippen molar-refractivity contribution in [2.45, 2.75) is 47.1 Å². The first kappa shape index (κ1) is 16.2. The largest absolute Gasteiger partial charge is 0.369 e. The molecule has 1 N–H and O–H groups in total. The Labute approximate surface area is 125 Å². The van der Waals surface area contributed by atoms with Crippen LogP contribution in [0.25, 0.3) is 0 Å². The average Bonchev–Trinajstić information content (AvgIpc) is 2.34. The molecule has 0 saturated heterocycles. The Morgan fingerprint density at radius 2 is 1.95 bits per heavy atom. The third-order valence-electron chi connectivity index (χ3n) is 2.77. The number of aromatic nitrogens is 2. The Kier molecular flexibility index (Phi) is 6.55. The lowest BCUT2D eigenvalue weighted by molar-refractivity contribution is 0.565. The summed E-state index contributed by atoms with van der Waals surface area (Å²) in [5.74, 6) is 2.44. The quantitative estimate of drug-likeness (QED) is 0.823. The molecule has 0 aromatic carbocycles. The van der Waals surface area contributed by atoms with Crippen molar-refractivity contribution >= 4 is 27.6 Å². The summed E-state index contributed by atoms with van der Waals surface area (Å²) in [5.41, 5.74) is 0. The molecule has 0 aliphatic heterocycles. The van der Waals surface area contributed by atoms with Crippen LogP contribution in [0.15, 0.2) is 10.8 Å². The zero-order valence-electron chi connectivity index (χ0n) is 12.6. The highest BCUT2D eigenvalue weighted by Crippen LogP contribution is 2.31. The maximum Gasteiger partial charge on any atom is 0.148 e. The molecule has 5 heteroatoms. The Bertz CT molecular complexity index is 393. The summed E-state index contributed by atoms with van der Waals surface area (Å²) >= 11 is 3.64. The van der Waals surface area contributed by atoms with E-state index in [9.17, 15) is 0 Å². The van der Waals surface area contributed by atoms with Crippen LogP contribution in [0, 0.1) is 5.92 Å². The number of rotatable bonds is 7. The lowest BCUT2D eigenvalue weighted by Gasteiger charge is -2.30. The Hall–Kier alpha value is -0.840. The van der Waals surface area contributed by atoms with Crippen LogP contribution in [0.3, 0.4) is 0 Å². The summed E-state index contributed by atoms with van der Waals surface area (Å²) in [5, 5.41) is 3.33. The maximum atomic E-state index is 4.45. The van der Waals surface area contributed by atoms with E-state index in [1.807, 2.05) is 0 Å². The van der Waals surface area contributed by atoms with Gasteiger partial charge in [-0.05, 0) is 42.1 Å². The van der Waals surface area contributed by atoms with E-state index in [0.29, 0.717) is 12.0 Å². The number of anilines is 2. The normalized spacial score (nSPS) is 11.2. The standard InChI is InChI=1S/C14H25BrN4/c1-6-7-16-13-12(15)14(18-9-17-13)19(11(4)5)8-10(2)3/h9-11H,6-8H2,1-5H3,(H,16,17,18). The first-order valence-electron chi connectivity index (χ1n) is 6.98. The number of hydrogen-bond acceptors (Lipinski definition) is 4. The highest BCUT2D eigenvalue weighted by Gasteiger charge is 2.18. The second-order valence-electron chi connectivity index (χ2n) is 5.43. The molecule has 1 heterocycles. The summed E-state index contributed by atoms with van der Waals surface area (Å²) in [6.45, 7) is 12.9. The molecule has 0 unspecified atom stereocenters. The fraction of sp³-hybridized carbons (Fsp3) is 0.714. The van der Waals surface area contributed by atoms with E-state index in [2.05, 4.69) is 70.7 Å². The summed E-state index contributed by atoms with van der Waals surface area (Å²) in [4.78, 5) is 11.1. The Balaban J connectivity index is 3.02. The molecule has 0 aliphatic carbocycles. The zero-order chi connectivity index (χ0) is 14.4. The number of hydrogen-bond donors (Lipinski definition) is 1. The van der Waals surface area contributed by atoms with Crippen molar-refractivity contribution in [3.63, 3.8) is 0 Å². The van der Waals surface area contributed by atoms with Gasteiger partial charge in [0.2, 0.25) is 0 Å². The maximum absolute atomic E-state index is 4.45. The van der Waals surface area contributed by atoms with Crippen molar-refractivity contribution in [2.75, 3.05) is 23.3 Å². The molecule has 0 bridgehead atoms. The first-order chi connectivity index (χ1) is 8.97. The van der Waals surface area contributed by atoms with Gasteiger partial charge < -0.3 is 10.2 Å². The lowest BCUT2D eigenvalue weighted by atomic mass is 10.2. The van der Waals surface area contributed by atoms with Crippen molar-refractivity contribution in [2.24, 2.45) is 5.92 Å². The summed E-state index contributed by atoms with van der Waals surface area (Å²) in [6, 6.07) is 0.410. The molecule has 19 heavy (non-hydrogen) atoms. The average molecular weight is 329 g/mol. The third-order valence-corrected chi connectivity index (χ3v) is 3.50. The lowest BCUT2D eigenvalue weighted by Crippen LogP contribution is -2.35. The molecule has 108 valence electrons. The third kappa shape index (κ3) is 4.64. The van der Waals surface area contributed by atoms with Gasteiger partial charge in [-0.3, -0.25) is 0 Å². The fourth-order valence-electron chi connectivity index (χ4n) is 1.86. The van der Waals surface area contributed by atoms with Crippen LogP contribution in [0.2, 0.25) is 0 Å². The van der Waals surface area contributed by atoms with E-state index < -0.39 is 0 Å². The van der Waals surface area contributed by atoms with Gasteiger partial charge in [0.1, 0.15) is 22.4 Å². The van der Waals surface area contributed by atoms with E-state index in [4.69, 9.17) is 0 Å². The van der Waals surface area contributed by atoms with Gasteiger partial charge in [-0.2, -0.15) is 0 Å². The van der Waals surface area contributed by atoms with E-state index in [1.54, 1.807) is 6.33 Å². The van der Waals surface area contributed by atoms with Gasteiger partial charge in [0.15, 0.2) is 0 Å². The van der Waals surface area contributed by atoms with Gasteiger partial charge >= 0.3 is 0 Å². The second-order valence-corrected chi connectivity index (χ2v) is 6.22. The van der Waals surface area contributed by atoms with E-state index in [-0.39, 0.29) is 0 Å². The van der Waals surface area contributed by atoms with E-state index in [1.165, 1.54) is 0 Å². The molecule has 0 spiro atoms. The van der Waals surface area contributed by atoms with Crippen molar-refractivity contribution in [3.05, 3.63) is 10.8 Å². The first-order valence-corrected chi connectivity index (χ1v) is 7.77. The van der Waals surface area contributed by atoms with Crippen LogP contribution in [0.5, 0.6) is 0 Å². The molecule has 0 saturated carbocycles. The van der Waals surface area contributed by atoms with Gasteiger partial charge in [-0.25, -0.2) is 9.97 Å². The number of halogens is 1. The molecule has 0 fully saturated rings. The SMILES string of the molecule is CCCNc1ncnc(N(CC(C)C)C(C)C)c1Br. The van der Waals surface area contributed by atoms with Crippen LogP contribution in [-0.4, -0.2) is 29.1 Å². The van der Waals surface area contributed by atoms with Crippen molar-refractivity contribution in [3.8, 4) is 0 Å². The zero-order valence-corrected chi connectivity index (χ0v) is 14.2. The molecule has 1 aromatic rings. The monoisotopic (exact) mass is 328 g/mol. The van der Waals surface area contributed by atoms with Crippen LogP contribution in [0.4, 0.5) is 11.6 Å². The van der Waals surface area contributed by atoms with Gasteiger partial charge in [0.05, 0.1) is 0 Å². The van der Waals surface area contributed by atoms with Gasteiger partial charge in [0, 0.05) is 19.1 Å². The van der Waals surface area contributed by atoms with Gasteiger partial charge in [-0.1, -0.05) is 20.8 Å². The second kappa shape index (κ2) is 7.68. The van der Waals surface area contributed by atoms with Crippen LogP contribution in [-0.2, 0) is 0 Å². The van der Waals surface area contributed by atoms with Crippen molar-refractivity contribution < 1.29 is 0 Å². The molecule has 0 amide bonds. The smallest absolute Gasteiger partial charge is 0.148 e. The molecular formula is C14H25BrN4. The van der Waals surface area contributed by atoms with Gasteiger partial charge in [-0.15, -0.1) is 0 Å². The van der Waals surface area contributed by atoms with Crippen molar-refractivity contribution in [1.29, 1.82) is 0 Å². The topological polar surface area (TPSA) is 41.1 Å². The minimum absolute atomic E-state index is 0.410. The molecule has 4 nitrogen and oxygen atoms in total. The number of nitrogens with zero attached hydrogens (tertiary/aromatic N) is 3. The van der Waals surface area contributed by atoms with Crippen LogP contribution < -0.4 is 10.2 Å². The molecule has 0 radical (unpaired) electrons. The fourth-order valence-corrected chi connectivity index (χ4v) is 2.44.